The van der Waals surface area contributed by atoms with Crippen molar-refractivity contribution in [3.05, 3.63) is 18.1 Å². The van der Waals surface area contributed by atoms with E-state index < -0.39 is 0 Å². The molecule has 2 aromatic heterocycles. The average Bonchev–Trinajstić information content (AvgIpc) is 2.80. The van der Waals surface area contributed by atoms with Crippen molar-refractivity contribution in [3.8, 4) is 0 Å². The molecule has 1 fully saturated rings. The highest BCUT2D eigenvalue weighted by atomic mass is 15.4. The highest BCUT2D eigenvalue weighted by molar-refractivity contribution is 5.45. The lowest BCUT2D eigenvalue weighted by Gasteiger charge is -2.30. The lowest BCUT2D eigenvalue weighted by atomic mass is 9.91. The van der Waals surface area contributed by atoms with Crippen molar-refractivity contribution in [3.63, 3.8) is 0 Å². The van der Waals surface area contributed by atoms with Gasteiger partial charge in [0.15, 0.2) is 0 Å². The van der Waals surface area contributed by atoms with Crippen molar-refractivity contribution >= 4 is 11.6 Å². The van der Waals surface area contributed by atoms with Crippen LogP contribution in [0.5, 0.6) is 0 Å². The number of nitrogens with one attached hydrogen (secondary N) is 1. The summed E-state index contributed by atoms with van der Waals surface area (Å²) in [5.74, 6) is 1.55. The van der Waals surface area contributed by atoms with Gasteiger partial charge in [0.2, 0.25) is 0 Å². The van der Waals surface area contributed by atoms with Crippen LogP contribution >= 0.6 is 0 Å². The fourth-order valence-electron chi connectivity index (χ4n) is 2.56. The largest absolute Gasteiger partial charge is 0.366 e. The summed E-state index contributed by atoms with van der Waals surface area (Å²) >= 11 is 0. The van der Waals surface area contributed by atoms with Gasteiger partial charge in [-0.25, -0.2) is 4.98 Å². The second-order valence-electron chi connectivity index (χ2n) is 4.95. The van der Waals surface area contributed by atoms with E-state index >= 15 is 0 Å². The first-order chi connectivity index (χ1) is 8.74. The topological polar surface area (TPSA) is 81.1 Å². The molecule has 2 heterocycles. The van der Waals surface area contributed by atoms with Gasteiger partial charge in [-0.1, -0.05) is 12.8 Å². The van der Waals surface area contributed by atoms with Gasteiger partial charge in [-0.05, 0) is 19.8 Å². The first-order valence-electron chi connectivity index (χ1n) is 6.43. The Hall–Kier alpha value is -1.69. The maximum atomic E-state index is 6.16. The maximum Gasteiger partial charge on any atom is 0.254 e. The molecule has 3 N–H and O–H groups in total. The molecule has 1 aliphatic rings. The molecule has 0 amide bonds. The number of hydrogen-bond acceptors (Lipinski definition) is 5. The van der Waals surface area contributed by atoms with Gasteiger partial charge < -0.3 is 11.1 Å². The maximum absolute atomic E-state index is 6.16. The molecule has 0 unspecified atom stereocenters. The van der Waals surface area contributed by atoms with Crippen LogP contribution in [-0.2, 0) is 0 Å². The molecule has 2 atom stereocenters. The van der Waals surface area contributed by atoms with Gasteiger partial charge in [0, 0.05) is 23.8 Å². The number of fused-ring (bicyclic) bond motifs is 1. The summed E-state index contributed by atoms with van der Waals surface area (Å²) in [6, 6.07) is 2.52. The van der Waals surface area contributed by atoms with Gasteiger partial charge in [-0.15, -0.1) is 0 Å². The number of hydrogen-bond donors (Lipinski definition) is 2. The molecule has 0 aliphatic heterocycles. The summed E-state index contributed by atoms with van der Waals surface area (Å²) in [5, 5.41) is 7.69. The number of aromatic nitrogens is 4. The number of aryl methyl sites for hydroxylation is 1. The molecule has 0 aromatic carbocycles. The van der Waals surface area contributed by atoms with Crippen molar-refractivity contribution in [2.45, 2.75) is 44.7 Å². The van der Waals surface area contributed by atoms with Crippen molar-refractivity contribution in [1.82, 2.24) is 19.6 Å². The predicted octanol–water partition coefficient (Wildman–Crippen LogP) is 1.11. The Kier molecular flexibility index (Phi) is 2.87. The summed E-state index contributed by atoms with van der Waals surface area (Å²) in [7, 11) is 0. The van der Waals surface area contributed by atoms with Crippen LogP contribution in [0.1, 0.15) is 31.4 Å². The molecule has 0 bridgehead atoms. The van der Waals surface area contributed by atoms with E-state index in [0.717, 1.165) is 24.4 Å². The molecule has 1 saturated carbocycles. The highest BCUT2D eigenvalue weighted by Gasteiger charge is 2.22. The van der Waals surface area contributed by atoms with Crippen LogP contribution in [0.4, 0.5) is 5.82 Å². The van der Waals surface area contributed by atoms with Gasteiger partial charge in [-0.2, -0.15) is 14.6 Å². The molecule has 0 saturated heterocycles. The van der Waals surface area contributed by atoms with E-state index in [1.807, 2.05) is 13.0 Å². The van der Waals surface area contributed by atoms with E-state index in [0.29, 0.717) is 11.8 Å². The summed E-state index contributed by atoms with van der Waals surface area (Å²) in [5.41, 5.74) is 7.09. The summed E-state index contributed by atoms with van der Waals surface area (Å²) in [4.78, 5) is 8.45. The van der Waals surface area contributed by atoms with E-state index in [1.165, 1.54) is 19.2 Å². The summed E-state index contributed by atoms with van der Waals surface area (Å²) in [6.07, 6.45) is 6.18. The second kappa shape index (κ2) is 4.53. The van der Waals surface area contributed by atoms with E-state index in [9.17, 15) is 0 Å². The lowest BCUT2D eigenvalue weighted by Crippen LogP contribution is -2.43. The van der Waals surface area contributed by atoms with E-state index in [4.69, 9.17) is 5.73 Å². The van der Waals surface area contributed by atoms with Gasteiger partial charge in [-0.3, -0.25) is 0 Å². The molecule has 6 nitrogen and oxygen atoms in total. The average molecular weight is 246 g/mol. The van der Waals surface area contributed by atoms with E-state index in [-0.39, 0.29) is 6.04 Å². The molecule has 6 heteroatoms. The zero-order chi connectivity index (χ0) is 12.5. The monoisotopic (exact) mass is 246 g/mol. The fourth-order valence-corrected chi connectivity index (χ4v) is 2.56. The minimum absolute atomic E-state index is 0.214. The van der Waals surface area contributed by atoms with Crippen LogP contribution in [-0.4, -0.2) is 31.7 Å². The first kappa shape index (κ1) is 11.4. The third kappa shape index (κ3) is 2.03. The lowest BCUT2D eigenvalue weighted by molar-refractivity contribution is 0.402. The molecule has 3 rings (SSSR count). The molecular weight excluding hydrogens is 228 g/mol. The minimum atomic E-state index is 0.214. The quantitative estimate of drug-likeness (QED) is 0.829. The van der Waals surface area contributed by atoms with Crippen molar-refractivity contribution in [2.75, 3.05) is 5.32 Å². The zero-order valence-electron chi connectivity index (χ0n) is 10.5. The van der Waals surface area contributed by atoms with Gasteiger partial charge in [0.05, 0.1) is 0 Å². The third-order valence-corrected chi connectivity index (χ3v) is 3.53. The SMILES string of the molecule is Cc1cc(N[C@@H]2CCCC[C@H]2N)n2ncnc2n1. The number of nitrogens with two attached hydrogens (primary N) is 1. The van der Waals surface area contributed by atoms with Crippen molar-refractivity contribution in [2.24, 2.45) is 5.73 Å². The Balaban J connectivity index is 1.91. The smallest absolute Gasteiger partial charge is 0.254 e. The van der Waals surface area contributed by atoms with E-state index in [1.54, 1.807) is 4.52 Å². The van der Waals surface area contributed by atoms with Gasteiger partial charge in [0.25, 0.3) is 5.78 Å². The fraction of sp³-hybridized carbons (Fsp3) is 0.583. The molecule has 18 heavy (non-hydrogen) atoms. The summed E-state index contributed by atoms with van der Waals surface area (Å²) < 4.78 is 1.73. The third-order valence-electron chi connectivity index (χ3n) is 3.53. The normalized spacial score (nSPS) is 24.3. The summed E-state index contributed by atoms with van der Waals surface area (Å²) in [6.45, 7) is 1.96. The zero-order valence-corrected chi connectivity index (χ0v) is 10.5. The van der Waals surface area contributed by atoms with Crippen molar-refractivity contribution < 1.29 is 0 Å². The molecule has 2 aromatic rings. The Morgan fingerprint density at radius 2 is 2.22 bits per heavy atom. The second-order valence-corrected chi connectivity index (χ2v) is 4.95. The van der Waals surface area contributed by atoms with Crippen LogP contribution < -0.4 is 11.1 Å². The van der Waals surface area contributed by atoms with Crippen LogP contribution in [0, 0.1) is 6.92 Å². The van der Waals surface area contributed by atoms with Crippen LogP contribution in [0.3, 0.4) is 0 Å². The van der Waals surface area contributed by atoms with Crippen LogP contribution in [0.25, 0.3) is 5.78 Å². The standard InChI is InChI=1S/C12H18N6/c1-8-6-11(18-12(16-8)14-7-15-18)17-10-5-3-2-4-9(10)13/h6-7,9-10,17H,2-5,13H2,1H3/t9-,10-/m1/s1. The minimum Gasteiger partial charge on any atom is -0.366 e. The number of anilines is 1. The van der Waals surface area contributed by atoms with Crippen molar-refractivity contribution in [1.29, 1.82) is 0 Å². The molecule has 0 spiro atoms. The Bertz CT molecular complexity index is 548. The number of rotatable bonds is 2. The highest BCUT2D eigenvalue weighted by Crippen LogP contribution is 2.21. The Labute approximate surface area is 106 Å². The molecular formula is C12H18N6. The first-order valence-corrected chi connectivity index (χ1v) is 6.43. The molecule has 1 aliphatic carbocycles. The Morgan fingerprint density at radius 1 is 1.39 bits per heavy atom. The predicted molar refractivity (Wildman–Crippen MR) is 69.4 cm³/mol. The van der Waals surface area contributed by atoms with Crippen LogP contribution in [0.2, 0.25) is 0 Å². The number of nitrogens with zero attached hydrogens (tertiary/aromatic N) is 4. The van der Waals surface area contributed by atoms with Gasteiger partial charge in [0.1, 0.15) is 12.1 Å². The van der Waals surface area contributed by atoms with Crippen LogP contribution in [0.15, 0.2) is 12.4 Å². The van der Waals surface area contributed by atoms with Gasteiger partial charge >= 0.3 is 0 Å². The van der Waals surface area contributed by atoms with E-state index in [2.05, 4.69) is 20.4 Å². The Morgan fingerprint density at radius 3 is 3.06 bits per heavy atom. The molecule has 96 valence electrons. The molecule has 0 radical (unpaired) electrons.